The van der Waals surface area contributed by atoms with Crippen molar-refractivity contribution < 1.29 is 82.7 Å². The van der Waals surface area contributed by atoms with E-state index in [1.807, 2.05) is 0 Å². The van der Waals surface area contributed by atoms with E-state index in [4.69, 9.17) is 37.3 Å². The van der Waals surface area contributed by atoms with E-state index in [-0.39, 0.29) is 25.0 Å². The zero-order valence-corrected chi connectivity index (χ0v) is 9.71. The molecule has 0 aliphatic rings. The minimum atomic E-state index is -4.94. The fourth-order valence-electron chi connectivity index (χ4n) is 0. The number of rotatable bonds is 0. The second kappa shape index (κ2) is 8.44. The molecular weight excluding hydrogens is 280 g/mol. The van der Waals surface area contributed by atoms with Gasteiger partial charge in [0.2, 0.25) is 0 Å². The van der Waals surface area contributed by atoms with Gasteiger partial charge in [-0.3, -0.25) is 0 Å². The van der Waals surface area contributed by atoms with Gasteiger partial charge in [-0.2, -0.15) is 0 Å². The molecule has 0 aliphatic heterocycles. The van der Waals surface area contributed by atoms with Crippen LogP contribution in [-0.4, -0.2) is 5.48 Å². The van der Waals surface area contributed by atoms with Crippen LogP contribution in [0.15, 0.2) is 0 Å². The van der Waals surface area contributed by atoms with Gasteiger partial charge in [0, 0.05) is 0 Å². The largest absolute Gasteiger partial charge is 2.00 e. The molecule has 0 rings (SSSR count). The summed E-state index contributed by atoms with van der Waals surface area (Å²) in [6.07, 6.45) is 0. The molecule has 0 aromatic heterocycles. The third kappa shape index (κ3) is 1480. The summed E-state index contributed by atoms with van der Waals surface area (Å²) in [6.45, 7) is 0. The number of hydrogen-bond acceptors (Lipinski definition) is 8. The van der Waals surface area contributed by atoms with Crippen molar-refractivity contribution in [3.8, 4) is 0 Å². The van der Waals surface area contributed by atoms with E-state index in [9.17, 15) is 0 Å². The van der Waals surface area contributed by atoms with Crippen LogP contribution >= 0.6 is 0 Å². The van der Waals surface area contributed by atoms with E-state index >= 15 is 0 Å². The summed E-state index contributed by atoms with van der Waals surface area (Å²) in [6, 6.07) is 0. The van der Waals surface area contributed by atoms with Crippen LogP contribution < -0.4 is 37.3 Å². The molecule has 0 amide bonds. The van der Waals surface area contributed by atoms with Gasteiger partial charge in [0.15, 0.2) is 0 Å². The molecule has 12 heavy (non-hydrogen) atoms. The Morgan fingerprint density at radius 3 is 0.500 bits per heavy atom. The van der Waals surface area contributed by atoms with Gasteiger partial charge in [-0.05, 0) is 0 Å². The zero-order valence-electron chi connectivity index (χ0n) is 5.23. The molecule has 0 radical (unpaired) electrons. The van der Waals surface area contributed by atoms with Gasteiger partial charge >= 0.3 is 19.5 Å². The predicted molar refractivity (Wildman–Crippen MR) is 3.61 cm³/mol. The maximum Gasteiger partial charge on any atom is 2.00 e. The third-order valence-corrected chi connectivity index (χ3v) is 0. The minimum absolute atomic E-state index is 0. The monoisotopic (exact) mass is 280 g/mol. The summed E-state index contributed by atoms with van der Waals surface area (Å²) in [5.74, 6) is 0. The van der Waals surface area contributed by atoms with E-state index in [1.54, 1.807) is 0 Å². The second-order valence-electron chi connectivity index (χ2n) is 0.756. The van der Waals surface area contributed by atoms with Crippen molar-refractivity contribution in [2.24, 2.45) is 0 Å². The van der Waals surface area contributed by atoms with Crippen LogP contribution in [0, 0.1) is 20.5 Å². The first-order valence-corrected chi connectivity index (χ1v) is 3.70. The first-order chi connectivity index (χ1) is 4.00. The molecule has 0 fully saturated rings. The van der Waals surface area contributed by atoms with Crippen molar-refractivity contribution >= 4 is 0 Å². The fourth-order valence-corrected chi connectivity index (χ4v) is 0. The molecule has 0 spiro atoms. The van der Waals surface area contributed by atoms with Crippen LogP contribution in [0.25, 0.3) is 0 Å². The van der Waals surface area contributed by atoms with E-state index in [0.29, 0.717) is 0 Å². The topological polar surface area (TPSA) is 216 Å². The molecule has 0 aromatic rings. The summed E-state index contributed by atoms with van der Waals surface area (Å²) >= 11 is 0. The second-order valence-corrected chi connectivity index (χ2v) is 2.27. The van der Waals surface area contributed by atoms with Gasteiger partial charge in [0.25, 0.3) is 0 Å². The molecule has 9 nitrogen and oxygen atoms in total. The van der Waals surface area contributed by atoms with Gasteiger partial charge in [-0.25, -0.2) is 37.3 Å². The van der Waals surface area contributed by atoms with Crippen molar-refractivity contribution in [1.29, 1.82) is 0 Å². The van der Waals surface area contributed by atoms with E-state index < -0.39 is 20.5 Å². The minimum Gasteiger partial charge on any atom is -0.412 e. The smallest absolute Gasteiger partial charge is 0.412 e. The van der Waals surface area contributed by atoms with Gasteiger partial charge in [0.05, 0.1) is 0 Å². The summed E-state index contributed by atoms with van der Waals surface area (Å²) in [7, 11) is -9.89. The molecule has 0 atom stereocenters. The standard InChI is InChI=1S/2ClHO4.H2O.Zn/c2*2-1(3,4)5;;/h2*(H,2,3,4,5);1H2;/q;;;+2/p-2. The van der Waals surface area contributed by atoms with Gasteiger partial charge < -0.3 is 5.48 Å². The Morgan fingerprint density at radius 1 is 0.500 bits per heavy atom. The van der Waals surface area contributed by atoms with Crippen molar-refractivity contribution in [3.05, 3.63) is 0 Å². The molecule has 0 aliphatic carbocycles. The third-order valence-electron chi connectivity index (χ3n) is 0. The molecule has 12 heteroatoms. The zero-order chi connectivity index (χ0) is 9.00. The molecule has 0 heterocycles. The first kappa shape index (κ1) is 23.0. The normalized spacial score (nSPS) is 10.0. The Bertz CT molecular complexity index is 55.5. The molecule has 0 saturated heterocycles. The summed E-state index contributed by atoms with van der Waals surface area (Å²) < 4.78 is 67.9. The molecule has 0 unspecified atom stereocenters. The van der Waals surface area contributed by atoms with Crippen LogP contribution in [0.2, 0.25) is 0 Å². The molecule has 2 N–H and O–H groups in total. The van der Waals surface area contributed by atoms with Crippen LogP contribution in [0.4, 0.5) is 0 Å². The van der Waals surface area contributed by atoms with Gasteiger partial charge in [-0.1, -0.05) is 0 Å². The molecule has 0 aromatic carbocycles. The van der Waals surface area contributed by atoms with E-state index in [2.05, 4.69) is 0 Å². The van der Waals surface area contributed by atoms with Crippen molar-refractivity contribution in [2.45, 2.75) is 0 Å². The van der Waals surface area contributed by atoms with Crippen molar-refractivity contribution in [1.82, 2.24) is 0 Å². The quantitative estimate of drug-likeness (QED) is 0.387. The summed E-state index contributed by atoms with van der Waals surface area (Å²) in [5, 5.41) is 0. The van der Waals surface area contributed by atoms with Gasteiger partial charge in [-0.15, -0.1) is 20.5 Å². The van der Waals surface area contributed by atoms with Crippen LogP contribution in [0.3, 0.4) is 0 Å². The molecular formula is H2Cl2O9Zn. The summed E-state index contributed by atoms with van der Waals surface area (Å²) in [5.41, 5.74) is 0. The maximum atomic E-state index is 8.49. The molecule has 72 valence electrons. The Labute approximate surface area is 83.0 Å². The Kier molecular flexibility index (Phi) is 16.2. The maximum absolute atomic E-state index is 8.49. The Morgan fingerprint density at radius 2 is 0.500 bits per heavy atom. The predicted octanol–water partition coefficient (Wildman–Crippen LogP) is -10.3. The van der Waals surface area contributed by atoms with Gasteiger partial charge in [0.1, 0.15) is 0 Å². The first-order valence-electron chi connectivity index (χ1n) is 1.23. The van der Waals surface area contributed by atoms with Crippen molar-refractivity contribution in [3.63, 3.8) is 0 Å². The van der Waals surface area contributed by atoms with Crippen LogP contribution in [-0.2, 0) is 19.5 Å². The van der Waals surface area contributed by atoms with Crippen LogP contribution in [0.5, 0.6) is 0 Å². The Balaban J connectivity index is -0.0000000457. The SMILES string of the molecule is O.[O-][Cl+3]([O-])([O-])[O-].[O-][Cl+3]([O-])([O-])[O-].[Zn+2]. The summed E-state index contributed by atoms with van der Waals surface area (Å²) in [4.78, 5) is 0. The van der Waals surface area contributed by atoms with E-state index in [0.717, 1.165) is 0 Å². The molecule has 0 bridgehead atoms. The molecule has 0 saturated carbocycles. The average Bonchev–Trinajstić information content (AvgIpc) is 1.12. The van der Waals surface area contributed by atoms with Crippen LogP contribution in [0.1, 0.15) is 0 Å². The van der Waals surface area contributed by atoms with Crippen molar-refractivity contribution in [2.75, 3.05) is 0 Å². The number of halogens is 2. The Hall–Kier alpha value is 0.843. The average molecular weight is 282 g/mol. The number of hydrogen-bond donors (Lipinski definition) is 0. The fraction of sp³-hybridized carbons (Fsp3) is 0. The van der Waals surface area contributed by atoms with E-state index in [1.165, 1.54) is 0 Å².